The van der Waals surface area contributed by atoms with E-state index in [0.717, 1.165) is 49.7 Å². The number of hydrogen-bond donors (Lipinski definition) is 0. The van der Waals surface area contributed by atoms with Gasteiger partial charge in [-0.05, 0) is 90.8 Å². The molecule has 52 heavy (non-hydrogen) atoms. The van der Waals surface area contributed by atoms with Crippen LogP contribution in [-0.4, -0.2) is 20.9 Å². The lowest BCUT2D eigenvalue weighted by atomic mass is 10.0. The van der Waals surface area contributed by atoms with E-state index >= 15 is 0 Å². The van der Waals surface area contributed by atoms with Crippen LogP contribution in [0.1, 0.15) is 31.8 Å². The molecule has 0 bridgehead atoms. The summed E-state index contributed by atoms with van der Waals surface area (Å²) in [5.74, 6) is -0.807. The van der Waals surface area contributed by atoms with Gasteiger partial charge in [-0.2, -0.15) is 5.26 Å². The highest BCUT2D eigenvalue weighted by Crippen LogP contribution is 2.42. The Bertz CT molecular complexity index is 3000. The van der Waals surface area contributed by atoms with Gasteiger partial charge < -0.3 is 9.13 Å². The second-order valence-corrected chi connectivity index (χ2v) is 13.3. The van der Waals surface area contributed by atoms with Gasteiger partial charge >= 0.3 is 0 Å². The number of rotatable bonds is 4. The predicted molar refractivity (Wildman–Crippen MR) is 208 cm³/mol. The minimum absolute atomic E-state index is 0.353. The number of nitrogens with zero attached hydrogens (tertiary/aromatic N) is 4. The first-order chi connectivity index (χ1) is 25.5. The van der Waals surface area contributed by atoms with E-state index in [0.29, 0.717) is 28.1 Å². The van der Waals surface area contributed by atoms with Crippen LogP contribution in [0.25, 0.3) is 66.1 Å². The number of para-hydroxylation sites is 3. The number of carbonyl (C=O) groups is 2. The molecule has 10 rings (SSSR count). The average molecular weight is 669 g/mol. The number of imide groups is 1. The number of amides is 2. The fourth-order valence-corrected chi connectivity index (χ4v) is 7.96. The van der Waals surface area contributed by atoms with Crippen LogP contribution in [0.5, 0.6) is 0 Å². The molecule has 244 valence electrons. The Balaban J connectivity index is 1.17. The first-order valence-corrected chi connectivity index (χ1v) is 17.2. The van der Waals surface area contributed by atoms with Crippen LogP contribution in [0.4, 0.5) is 5.69 Å². The molecule has 3 heterocycles. The lowest BCUT2D eigenvalue weighted by Gasteiger charge is -2.21. The Morgan fingerprint density at radius 2 is 1.02 bits per heavy atom. The van der Waals surface area contributed by atoms with Gasteiger partial charge in [0.2, 0.25) is 0 Å². The summed E-state index contributed by atoms with van der Waals surface area (Å²) < 4.78 is 4.34. The fourth-order valence-electron chi connectivity index (χ4n) is 7.96. The number of carbonyl (C=O) groups excluding carboxylic acids is 2. The van der Waals surface area contributed by atoms with Gasteiger partial charge in [0.1, 0.15) is 6.07 Å². The first kappa shape index (κ1) is 29.7. The van der Waals surface area contributed by atoms with E-state index in [1.54, 1.807) is 42.5 Å². The molecule has 0 spiro atoms. The summed E-state index contributed by atoms with van der Waals surface area (Å²) in [5.41, 5.74) is 10.4. The highest BCUT2D eigenvalue weighted by atomic mass is 16.2. The highest BCUT2D eigenvalue weighted by molar-refractivity contribution is 6.35. The molecule has 2 amide bonds. The van der Waals surface area contributed by atoms with Gasteiger partial charge in [0.05, 0.1) is 50.1 Å². The van der Waals surface area contributed by atoms with Crippen LogP contribution in [0, 0.1) is 18.3 Å². The summed E-state index contributed by atoms with van der Waals surface area (Å²) in [6, 6.07) is 52.6. The number of fused-ring (bicyclic) bond motifs is 7. The number of nitriles is 1. The maximum absolute atomic E-state index is 13.7. The Hall–Kier alpha value is -7.23. The number of aryl methyl sites for hydroxylation is 1. The quantitative estimate of drug-likeness (QED) is 0.175. The van der Waals surface area contributed by atoms with Gasteiger partial charge in [0.25, 0.3) is 11.8 Å². The van der Waals surface area contributed by atoms with Crippen molar-refractivity contribution < 1.29 is 9.59 Å². The normalized spacial score (nSPS) is 12.7. The largest absolute Gasteiger partial charge is 0.309 e. The van der Waals surface area contributed by atoms with Gasteiger partial charge in [0, 0.05) is 27.2 Å². The molecule has 0 fully saturated rings. The van der Waals surface area contributed by atoms with Crippen LogP contribution in [0.2, 0.25) is 0 Å². The van der Waals surface area contributed by atoms with E-state index < -0.39 is 11.8 Å². The summed E-state index contributed by atoms with van der Waals surface area (Å²) in [5, 5.41) is 14.8. The average Bonchev–Trinajstić information content (AvgIpc) is 3.79. The summed E-state index contributed by atoms with van der Waals surface area (Å²) in [4.78, 5) is 28.7. The second kappa shape index (κ2) is 11.1. The first-order valence-electron chi connectivity index (χ1n) is 17.2. The van der Waals surface area contributed by atoms with Crippen molar-refractivity contribution in [1.29, 1.82) is 5.26 Å². The zero-order chi connectivity index (χ0) is 35.1. The summed E-state index contributed by atoms with van der Waals surface area (Å²) in [6.45, 7) is 2.10. The third-order valence-electron chi connectivity index (χ3n) is 10.4. The molecule has 0 saturated heterocycles. The van der Waals surface area contributed by atoms with E-state index in [-0.39, 0.29) is 0 Å². The monoisotopic (exact) mass is 668 g/mol. The summed E-state index contributed by atoms with van der Waals surface area (Å²) in [7, 11) is 0. The molecule has 0 atom stereocenters. The van der Waals surface area contributed by atoms with Crippen LogP contribution >= 0.6 is 0 Å². The lowest BCUT2D eigenvalue weighted by Crippen LogP contribution is -2.30. The molecule has 1 aliphatic rings. The molecular weight excluding hydrogens is 641 g/mol. The predicted octanol–water partition coefficient (Wildman–Crippen LogP) is 10.5. The Morgan fingerprint density at radius 3 is 1.62 bits per heavy atom. The molecular formula is C46H28N4O2. The van der Waals surface area contributed by atoms with Crippen molar-refractivity contribution in [2.75, 3.05) is 4.90 Å². The van der Waals surface area contributed by atoms with Crippen molar-refractivity contribution in [3.63, 3.8) is 0 Å². The molecule has 6 nitrogen and oxygen atoms in total. The molecule has 0 N–H and O–H groups in total. The number of hydrogen-bond acceptors (Lipinski definition) is 3. The topological polar surface area (TPSA) is 71.0 Å². The maximum atomic E-state index is 13.7. The molecule has 0 radical (unpaired) electrons. The van der Waals surface area contributed by atoms with Gasteiger partial charge in [-0.1, -0.05) is 84.4 Å². The minimum atomic E-state index is -0.404. The zero-order valence-electron chi connectivity index (χ0n) is 28.0. The molecule has 0 aliphatic carbocycles. The van der Waals surface area contributed by atoms with E-state index in [1.165, 1.54) is 21.2 Å². The zero-order valence-corrected chi connectivity index (χ0v) is 28.0. The Kier molecular flexibility index (Phi) is 6.36. The van der Waals surface area contributed by atoms with Crippen molar-refractivity contribution in [1.82, 2.24) is 9.13 Å². The van der Waals surface area contributed by atoms with Gasteiger partial charge in [0.15, 0.2) is 0 Å². The lowest BCUT2D eigenvalue weighted by molar-refractivity contribution is 0.0926. The van der Waals surface area contributed by atoms with Crippen LogP contribution in [-0.2, 0) is 0 Å². The number of anilines is 1. The SMILES string of the molecule is Cc1ccc(-n2c3ccccc3c3cc(-c4ccc5c(c4)c4ccccc4n5-c4c(C#N)cccc4N4C(=O)c5ccccc5C4=O)ccc32)cc1. The number of aromatic nitrogens is 2. The van der Waals surface area contributed by atoms with E-state index in [2.05, 4.69) is 109 Å². The maximum Gasteiger partial charge on any atom is 0.266 e. The smallest absolute Gasteiger partial charge is 0.266 e. The molecule has 0 unspecified atom stereocenters. The van der Waals surface area contributed by atoms with E-state index in [9.17, 15) is 14.9 Å². The standard InChI is InChI=1S/C46H28N4O2/c1-28-17-21-32(22-18-28)48-39-14-6-4-10-33(39)37-25-29(19-23-41(37)48)30-20-24-42-38(26-30)34-11-5-7-15-40(34)49(42)44-31(27-47)9-8-16-43(44)50-45(51)35-12-2-3-13-36(35)46(50)52/h2-26H,1H3. The van der Waals surface area contributed by atoms with Gasteiger partial charge in [-0.3, -0.25) is 9.59 Å². The molecule has 0 saturated carbocycles. The molecule has 2 aromatic heterocycles. The number of benzene rings is 7. The second-order valence-electron chi connectivity index (χ2n) is 13.3. The Morgan fingerprint density at radius 1 is 0.500 bits per heavy atom. The van der Waals surface area contributed by atoms with Crippen molar-refractivity contribution in [3.05, 3.63) is 174 Å². The van der Waals surface area contributed by atoms with Crippen LogP contribution in [0.15, 0.2) is 152 Å². The highest BCUT2D eigenvalue weighted by Gasteiger charge is 2.38. The van der Waals surface area contributed by atoms with Crippen molar-refractivity contribution >= 4 is 61.1 Å². The fraction of sp³-hybridized carbons (Fsp3) is 0.0217. The molecule has 9 aromatic rings. The van der Waals surface area contributed by atoms with Crippen LogP contribution in [0.3, 0.4) is 0 Å². The Labute approximate surface area is 298 Å². The van der Waals surface area contributed by atoms with Gasteiger partial charge in [-0.15, -0.1) is 0 Å². The molecule has 7 aromatic carbocycles. The van der Waals surface area contributed by atoms with E-state index in [4.69, 9.17) is 0 Å². The van der Waals surface area contributed by atoms with E-state index in [1.807, 2.05) is 22.8 Å². The summed E-state index contributed by atoms with van der Waals surface area (Å²) >= 11 is 0. The van der Waals surface area contributed by atoms with Crippen LogP contribution < -0.4 is 4.90 Å². The third-order valence-corrected chi connectivity index (χ3v) is 10.4. The van der Waals surface area contributed by atoms with Crippen molar-refractivity contribution in [2.24, 2.45) is 0 Å². The summed E-state index contributed by atoms with van der Waals surface area (Å²) in [6.07, 6.45) is 0. The van der Waals surface area contributed by atoms with Gasteiger partial charge in [-0.25, -0.2) is 4.90 Å². The minimum Gasteiger partial charge on any atom is -0.309 e. The van der Waals surface area contributed by atoms with Crippen molar-refractivity contribution in [3.8, 4) is 28.6 Å². The van der Waals surface area contributed by atoms with Crippen molar-refractivity contribution in [2.45, 2.75) is 6.92 Å². The third kappa shape index (κ3) is 4.17. The molecule has 1 aliphatic heterocycles. The molecule has 6 heteroatoms.